The van der Waals surface area contributed by atoms with Crippen LogP contribution in [-0.4, -0.2) is 35.2 Å². The van der Waals surface area contributed by atoms with Gasteiger partial charge in [-0.15, -0.1) is 0 Å². The number of nitrogens with one attached hydrogen (secondary N) is 3. The smallest absolute Gasteiger partial charge is 0.260 e. The molecule has 2 aromatic rings. The van der Waals surface area contributed by atoms with Crippen LogP contribution in [0.4, 0.5) is 17.5 Å². The van der Waals surface area contributed by atoms with Crippen molar-refractivity contribution >= 4 is 23.4 Å². The van der Waals surface area contributed by atoms with E-state index in [1.807, 2.05) is 0 Å². The van der Waals surface area contributed by atoms with Crippen LogP contribution in [-0.2, 0) is 0 Å². The van der Waals surface area contributed by atoms with Gasteiger partial charge in [-0.05, 0) is 43.2 Å². The zero-order chi connectivity index (χ0) is 17.4. The number of hydrogen-bond donors (Lipinski definition) is 4. The highest BCUT2D eigenvalue weighted by Gasteiger charge is 2.51. The molecule has 2 saturated carbocycles. The fourth-order valence-corrected chi connectivity index (χ4v) is 4.02. The van der Waals surface area contributed by atoms with Gasteiger partial charge in [0.15, 0.2) is 5.82 Å². The van der Waals surface area contributed by atoms with E-state index in [0.29, 0.717) is 40.5 Å². The highest BCUT2D eigenvalue weighted by atomic mass is 16.5. The number of amides is 1. The first kappa shape index (κ1) is 15.9. The number of pyridine rings is 1. The van der Waals surface area contributed by atoms with Crippen LogP contribution in [0.25, 0.3) is 0 Å². The van der Waals surface area contributed by atoms with Crippen LogP contribution in [0.1, 0.15) is 36.0 Å². The number of aromatic nitrogens is 2. The minimum atomic E-state index is -0.272. The van der Waals surface area contributed by atoms with Crippen LogP contribution >= 0.6 is 0 Å². The third kappa shape index (κ3) is 3.05. The van der Waals surface area contributed by atoms with Gasteiger partial charge in [0.25, 0.3) is 5.91 Å². The molecule has 0 unspecified atom stereocenters. The summed E-state index contributed by atoms with van der Waals surface area (Å²) < 4.78 is 4.74. The average Bonchev–Trinajstić information content (AvgIpc) is 3.04. The molecule has 8 nitrogen and oxygen atoms in total. The topological polar surface area (TPSA) is 118 Å². The summed E-state index contributed by atoms with van der Waals surface area (Å²) in [5.41, 5.74) is 6.82. The first-order valence-corrected chi connectivity index (χ1v) is 8.50. The molecule has 0 radical (unpaired) electrons. The molecule has 2 heterocycles. The third-order valence-corrected chi connectivity index (χ3v) is 5.17. The molecule has 1 amide bonds. The lowest BCUT2D eigenvalue weighted by molar-refractivity contribution is 0.00110. The Labute approximate surface area is 145 Å². The zero-order valence-corrected chi connectivity index (χ0v) is 14.1. The van der Waals surface area contributed by atoms with Gasteiger partial charge < -0.3 is 26.2 Å². The summed E-state index contributed by atoms with van der Waals surface area (Å²) in [5.74, 6) is 1.39. The van der Waals surface area contributed by atoms with Crippen LogP contribution in [0.2, 0.25) is 0 Å². The standard InChI is InChI=1S/C17H22N6O2/c1-19-13-3-2-12(16(24)22-14-4-5-25-23-14)15(21-13)20-11-8-17(9-11)6-10(18)7-17/h2-5,10-11H,6-9,18H2,1H3,(H2,19,20,21)(H,22,23,24). The Morgan fingerprint density at radius 2 is 2.04 bits per heavy atom. The van der Waals surface area contributed by atoms with E-state index in [1.54, 1.807) is 25.2 Å². The first-order chi connectivity index (χ1) is 12.1. The van der Waals surface area contributed by atoms with Crippen molar-refractivity contribution in [2.75, 3.05) is 23.0 Å². The Kier molecular flexibility index (Phi) is 3.84. The SMILES string of the molecule is CNc1ccc(C(=O)Nc2ccon2)c(NC2CC3(CC(N)C3)C2)n1. The maximum absolute atomic E-state index is 12.5. The molecular weight excluding hydrogens is 320 g/mol. The number of hydrogen-bond acceptors (Lipinski definition) is 7. The maximum atomic E-state index is 12.5. The van der Waals surface area contributed by atoms with Gasteiger partial charge in [-0.2, -0.15) is 0 Å². The maximum Gasteiger partial charge on any atom is 0.260 e. The van der Waals surface area contributed by atoms with Crippen molar-refractivity contribution < 1.29 is 9.32 Å². The van der Waals surface area contributed by atoms with Crippen molar-refractivity contribution in [1.82, 2.24) is 10.1 Å². The highest BCUT2D eigenvalue weighted by molar-refractivity contribution is 6.07. The Morgan fingerprint density at radius 1 is 1.24 bits per heavy atom. The third-order valence-electron chi connectivity index (χ3n) is 5.17. The van der Waals surface area contributed by atoms with Gasteiger partial charge in [0.2, 0.25) is 0 Å². The van der Waals surface area contributed by atoms with Crippen LogP contribution in [0.3, 0.4) is 0 Å². The predicted octanol–water partition coefficient (Wildman–Crippen LogP) is 2.05. The molecule has 0 bridgehead atoms. The molecule has 0 saturated heterocycles. The highest BCUT2D eigenvalue weighted by Crippen LogP contribution is 2.55. The molecule has 0 aliphatic heterocycles. The Morgan fingerprint density at radius 3 is 2.68 bits per heavy atom. The minimum absolute atomic E-state index is 0.272. The van der Waals surface area contributed by atoms with Crippen LogP contribution in [0, 0.1) is 5.41 Å². The van der Waals surface area contributed by atoms with Gasteiger partial charge in [0.05, 0.1) is 5.56 Å². The van der Waals surface area contributed by atoms with Crippen molar-refractivity contribution in [3.8, 4) is 0 Å². The van der Waals surface area contributed by atoms with Crippen molar-refractivity contribution in [3.05, 3.63) is 30.0 Å². The Hall–Kier alpha value is -2.61. The van der Waals surface area contributed by atoms with E-state index in [9.17, 15) is 4.79 Å². The second-order valence-corrected chi connectivity index (χ2v) is 7.10. The molecule has 5 N–H and O–H groups in total. The molecule has 4 rings (SSSR count). The summed E-state index contributed by atoms with van der Waals surface area (Å²) in [6.45, 7) is 0. The van der Waals surface area contributed by atoms with E-state index < -0.39 is 0 Å². The van der Waals surface area contributed by atoms with Gasteiger partial charge in [-0.3, -0.25) is 4.79 Å². The van der Waals surface area contributed by atoms with Crippen molar-refractivity contribution in [2.45, 2.75) is 37.8 Å². The number of carbonyl (C=O) groups excluding carboxylic acids is 1. The van der Waals surface area contributed by atoms with Crippen LogP contribution in [0.5, 0.6) is 0 Å². The van der Waals surface area contributed by atoms with E-state index in [4.69, 9.17) is 10.3 Å². The molecule has 2 fully saturated rings. The molecule has 8 heteroatoms. The predicted molar refractivity (Wildman–Crippen MR) is 94.5 cm³/mol. The second-order valence-electron chi connectivity index (χ2n) is 7.10. The molecule has 132 valence electrons. The number of nitrogens with two attached hydrogens (primary N) is 1. The molecule has 1 spiro atoms. The quantitative estimate of drug-likeness (QED) is 0.656. The molecule has 2 aromatic heterocycles. The molecule has 2 aliphatic rings. The van der Waals surface area contributed by atoms with Gasteiger partial charge in [0.1, 0.15) is 17.9 Å². The fraction of sp³-hybridized carbons (Fsp3) is 0.471. The van der Waals surface area contributed by atoms with Crippen molar-refractivity contribution in [1.29, 1.82) is 0 Å². The molecule has 0 aromatic carbocycles. The largest absolute Gasteiger partial charge is 0.373 e. The summed E-state index contributed by atoms with van der Waals surface area (Å²) in [6, 6.07) is 5.80. The summed E-state index contributed by atoms with van der Waals surface area (Å²) in [7, 11) is 1.80. The number of carbonyl (C=O) groups is 1. The molecular formula is C17H22N6O2. The lowest BCUT2D eigenvalue weighted by Crippen LogP contribution is -2.57. The average molecular weight is 342 g/mol. The molecule has 2 aliphatic carbocycles. The second kappa shape index (κ2) is 6.03. The zero-order valence-electron chi connectivity index (χ0n) is 14.1. The number of rotatable bonds is 5. The van der Waals surface area contributed by atoms with Gasteiger partial charge >= 0.3 is 0 Å². The Bertz CT molecular complexity index is 761. The summed E-state index contributed by atoms with van der Waals surface area (Å²) in [5, 5.41) is 12.8. The lowest BCUT2D eigenvalue weighted by atomic mass is 9.52. The van der Waals surface area contributed by atoms with Crippen LogP contribution < -0.4 is 21.7 Å². The Balaban J connectivity index is 1.48. The molecule has 0 atom stereocenters. The minimum Gasteiger partial charge on any atom is -0.373 e. The summed E-state index contributed by atoms with van der Waals surface area (Å²) in [6.07, 6.45) is 5.78. The summed E-state index contributed by atoms with van der Waals surface area (Å²) >= 11 is 0. The number of anilines is 3. The van der Waals surface area contributed by atoms with E-state index in [-0.39, 0.29) is 5.91 Å². The van der Waals surface area contributed by atoms with Gasteiger partial charge in [-0.25, -0.2) is 4.98 Å². The van der Waals surface area contributed by atoms with E-state index in [2.05, 4.69) is 26.1 Å². The van der Waals surface area contributed by atoms with Gasteiger partial charge in [-0.1, -0.05) is 5.16 Å². The first-order valence-electron chi connectivity index (χ1n) is 8.50. The van der Waals surface area contributed by atoms with E-state index in [1.165, 1.54) is 6.26 Å². The monoisotopic (exact) mass is 342 g/mol. The summed E-state index contributed by atoms with van der Waals surface area (Å²) in [4.78, 5) is 17.1. The van der Waals surface area contributed by atoms with E-state index >= 15 is 0 Å². The van der Waals surface area contributed by atoms with Crippen LogP contribution in [0.15, 0.2) is 29.0 Å². The van der Waals surface area contributed by atoms with E-state index in [0.717, 1.165) is 25.7 Å². The normalized spacial score (nSPS) is 27.3. The van der Waals surface area contributed by atoms with Crippen molar-refractivity contribution in [3.63, 3.8) is 0 Å². The number of nitrogens with zero attached hydrogens (tertiary/aromatic N) is 2. The van der Waals surface area contributed by atoms with Gasteiger partial charge in [0, 0.05) is 25.2 Å². The van der Waals surface area contributed by atoms with Crippen molar-refractivity contribution in [2.24, 2.45) is 11.1 Å². The lowest BCUT2D eigenvalue weighted by Gasteiger charge is -2.57. The fourth-order valence-electron chi connectivity index (χ4n) is 4.02. The molecule has 25 heavy (non-hydrogen) atoms.